The fraction of sp³-hybridized carbons (Fsp3) is 0.548. The number of aliphatic hydroxyl groups excluding tert-OH is 1. The average Bonchev–Trinajstić information content (AvgIpc) is 3.69. The summed E-state index contributed by atoms with van der Waals surface area (Å²) in [5, 5.41) is 15.6. The number of benzene rings is 1. The number of nitrogens with zero attached hydrogens (tertiary/aromatic N) is 3. The normalized spacial score (nSPS) is 21.1. The van der Waals surface area contributed by atoms with Crippen molar-refractivity contribution in [2.45, 2.75) is 81.2 Å². The van der Waals surface area contributed by atoms with Gasteiger partial charge in [-0.15, -0.1) is 11.3 Å². The Kier molecular flexibility index (Phi) is 12.1. The van der Waals surface area contributed by atoms with E-state index in [-0.39, 0.29) is 63.5 Å². The number of ether oxygens (including phenoxy) is 2. The lowest BCUT2D eigenvalue weighted by atomic mass is 10.0. The highest BCUT2D eigenvalue weighted by atomic mass is 32.2. The fourth-order valence-corrected chi connectivity index (χ4v) is 8.93. The molecule has 4 rings (SSSR count). The molecular formula is C31H44N4O9S3. The van der Waals surface area contributed by atoms with Gasteiger partial charge in [-0.3, -0.25) is 9.52 Å². The van der Waals surface area contributed by atoms with Gasteiger partial charge in [0.05, 0.1) is 30.4 Å². The molecule has 0 saturated carbocycles. The van der Waals surface area contributed by atoms with Crippen molar-refractivity contribution in [3.63, 3.8) is 0 Å². The van der Waals surface area contributed by atoms with Crippen molar-refractivity contribution >= 4 is 43.0 Å². The maximum atomic E-state index is 14.3. The Balaban J connectivity index is 1.68. The highest BCUT2D eigenvalue weighted by Crippen LogP contribution is 2.30. The molecule has 13 nitrogen and oxygen atoms in total. The van der Waals surface area contributed by atoms with Crippen LogP contribution in [-0.2, 0) is 24.8 Å². The van der Waals surface area contributed by atoms with E-state index in [0.29, 0.717) is 25.2 Å². The van der Waals surface area contributed by atoms with Crippen LogP contribution in [0, 0.1) is 19.8 Å². The molecule has 2 aromatic heterocycles. The second kappa shape index (κ2) is 15.5. The van der Waals surface area contributed by atoms with Crippen LogP contribution >= 0.6 is 11.3 Å². The minimum atomic E-state index is -3.96. The number of carbonyl (C=O) groups excluding carboxylic acids is 1. The largest absolute Gasteiger partial charge is 0.490 e. The zero-order chi connectivity index (χ0) is 34.5. The third-order valence-electron chi connectivity index (χ3n) is 8.14. The van der Waals surface area contributed by atoms with Gasteiger partial charge in [0.15, 0.2) is 5.76 Å². The number of hydrogen-bond acceptors (Lipinski definition) is 11. The molecule has 0 fully saturated rings. The molecule has 3 heterocycles. The van der Waals surface area contributed by atoms with Crippen LogP contribution in [0.15, 0.2) is 49.3 Å². The first-order chi connectivity index (χ1) is 22.1. The molecule has 0 saturated heterocycles. The van der Waals surface area contributed by atoms with E-state index in [1.54, 1.807) is 44.4 Å². The number of hydrogen-bond donors (Lipinski definition) is 2. The van der Waals surface area contributed by atoms with Gasteiger partial charge >= 0.3 is 0 Å². The van der Waals surface area contributed by atoms with Crippen molar-refractivity contribution in [2.75, 3.05) is 38.1 Å². The standard InChI is InChI=1S/C31H44N4O9S3/c1-20-17-35(21(2)19-36)31(37)26-16-25(33-46(38,39)29-11-9-15-45-29)12-13-27(26)43-22(3)10-7-8-14-42-28(20)18-34(6)47(40,41)30-23(4)32-44-24(30)5/h9,11-13,15-16,20-22,28,33,36H,7-8,10,14,17-19H2,1-6H3/t20-,21+,22-,28-/m0/s1. The van der Waals surface area contributed by atoms with Crippen molar-refractivity contribution < 1.29 is 40.7 Å². The number of thiophene rings is 1. The molecule has 0 radical (unpaired) electrons. The molecule has 47 heavy (non-hydrogen) atoms. The number of carbonyl (C=O) groups is 1. The maximum Gasteiger partial charge on any atom is 0.271 e. The van der Waals surface area contributed by atoms with Crippen molar-refractivity contribution in [2.24, 2.45) is 5.92 Å². The van der Waals surface area contributed by atoms with Gasteiger partial charge < -0.3 is 24.0 Å². The Morgan fingerprint density at radius 1 is 1.17 bits per heavy atom. The van der Waals surface area contributed by atoms with Crippen LogP contribution in [0.4, 0.5) is 5.69 Å². The molecule has 260 valence electrons. The van der Waals surface area contributed by atoms with Crippen LogP contribution in [0.1, 0.15) is 61.8 Å². The third kappa shape index (κ3) is 8.72. The lowest BCUT2D eigenvalue weighted by Gasteiger charge is -2.35. The minimum Gasteiger partial charge on any atom is -0.490 e. The van der Waals surface area contributed by atoms with Crippen LogP contribution in [-0.4, -0.2) is 93.8 Å². The highest BCUT2D eigenvalue weighted by molar-refractivity contribution is 7.94. The van der Waals surface area contributed by atoms with E-state index >= 15 is 0 Å². The van der Waals surface area contributed by atoms with Crippen molar-refractivity contribution in [3.05, 3.63) is 52.7 Å². The summed E-state index contributed by atoms with van der Waals surface area (Å²) < 4.78 is 74.5. The van der Waals surface area contributed by atoms with Crippen molar-refractivity contribution in [1.29, 1.82) is 0 Å². The van der Waals surface area contributed by atoms with Gasteiger partial charge in [-0.05, 0) is 76.6 Å². The average molecular weight is 713 g/mol. The van der Waals surface area contributed by atoms with E-state index in [2.05, 4.69) is 9.88 Å². The van der Waals surface area contributed by atoms with E-state index in [4.69, 9.17) is 14.0 Å². The first-order valence-corrected chi connectivity index (χ1v) is 19.3. The molecule has 1 aliphatic heterocycles. The molecule has 4 atom stereocenters. The van der Waals surface area contributed by atoms with E-state index < -0.39 is 38.1 Å². The smallest absolute Gasteiger partial charge is 0.271 e. The Labute approximate surface area is 280 Å². The van der Waals surface area contributed by atoms with E-state index in [0.717, 1.165) is 17.8 Å². The molecule has 3 aromatic rings. The number of aromatic nitrogens is 1. The summed E-state index contributed by atoms with van der Waals surface area (Å²) in [4.78, 5) is 15.8. The molecule has 0 aliphatic carbocycles. The van der Waals surface area contributed by atoms with E-state index in [1.807, 2.05) is 13.8 Å². The maximum absolute atomic E-state index is 14.3. The topological polar surface area (TPSA) is 169 Å². The number of aliphatic hydroxyl groups is 1. The summed E-state index contributed by atoms with van der Waals surface area (Å²) in [6.45, 7) is 8.68. The Hall–Kier alpha value is -3.02. The molecule has 0 spiro atoms. The second-order valence-electron chi connectivity index (χ2n) is 12.0. The van der Waals surface area contributed by atoms with Crippen LogP contribution in [0.3, 0.4) is 0 Å². The van der Waals surface area contributed by atoms with Gasteiger partial charge in [0, 0.05) is 38.3 Å². The third-order valence-corrected chi connectivity index (χ3v) is 13.0. The number of nitrogens with one attached hydrogen (secondary N) is 1. The van der Waals surface area contributed by atoms with Crippen LogP contribution < -0.4 is 9.46 Å². The summed E-state index contributed by atoms with van der Waals surface area (Å²) in [7, 11) is -6.38. The number of aryl methyl sites for hydroxylation is 2. The molecule has 2 N–H and O–H groups in total. The fourth-order valence-electron chi connectivity index (χ4n) is 5.42. The quantitative estimate of drug-likeness (QED) is 0.327. The number of amides is 1. The van der Waals surface area contributed by atoms with Crippen LogP contribution in [0.5, 0.6) is 5.75 Å². The Bertz CT molecular complexity index is 1710. The summed E-state index contributed by atoms with van der Waals surface area (Å²) in [6.07, 6.45) is 1.22. The van der Waals surface area contributed by atoms with Gasteiger partial charge in [0.25, 0.3) is 15.9 Å². The SMILES string of the molecule is Cc1noc(C)c1S(=O)(=O)N(C)C[C@@H]1OCCCC[C@H](C)Oc2ccc(NS(=O)(=O)c3cccs3)cc2C(=O)N([C@H](C)CO)C[C@@H]1C. The van der Waals surface area contributed by atoms with Gasteiger partial charge in [-0.25, -0.2) is 16.8 Å². The van der Waals surface area contributed by atoms with Gasteiger partial charge in [0.2, 0.25) is 10.0 Å². The molecular weight excluding hydrogens is 669 g/mol. The predicted molar refractivity (Wildman–Crippen MR) is 178 cm³/mol. The van der Waals surface area contributed by atoms with Gasteiger partial charge in [0.1, 0.15) is 20.5 Å². The second-order valence-corrected chi connectivity index (χ2v) is 16.8. The Morgan fingerprint density at radius 2 is 1.91 bits per heavy atom. The number of sulfonamides is 2. The van der Waals surface area contributed by atoms with Crippen molar-refractivity contribution in [3.8, 4) is 5.75 Å². The minimum absolute atomic E-state index is 0.00611. The molecule has 0 unspecified atom stereocenters. The highest BCUT2D eigenvalue weighted by Gasteiger charge is 2.34. The molecule has 1 aliphatic rings. The van der Waals surface area contributed by atoms with Gasteiger partial charge in [-0.1, -0.05) is 18.1 Å². The Morgan fingerprint density at radius 3 is 2.55 bits per heavy atom. The predicted octanol–water partition coefficient (Wildman–Crippen LogP) is 4.27. The number of likely N-dealkylation sites (N-methyl/N-ethyl adjacent to an activating group) is 1. The number of anilines is 1. The zero-order valence-corrected chi connectivity index (χ0v) is 30.0. The van der Waals surface area contributed by atoms with Crippen molar-refractivity contribution in [1.82, 2.24) is 14.4 Å². The molecule has 1 aromatic carbocycles. The van der Waals surface area contributed by atoms with Gasteiger partial charge in [-0.2, -0.15) is 4.31 Å². The summed E-state index contributed by atoms with van der Waals surface area (Å²) in [6, 6.07) is 7.06. The summed E-state index contributed by atoms with van der Waals surface area (Å²) >= 11 is 1.07. The molecule has 1 amide bonds. The summed E-state index contributed by atoms with van der Waals surface area (Å²) in [5.74, 6) is -0.387. The first-order valence-electron chi connectivity index (χ1n) is 15.4. The summed E-state index contributed by atoms with van der Waals surface area (Å²) in [5.41, 5.74) is 0.568. The molecule has 16 heteroatoms. The molecule has 0 bridgehead atoms. The number of rotatable bonds is 9. The number of fused-ring (bicyclic) bond motifs is 1. The monoisotopic (exact) mass is 712 g/mol. The van der Waals surface area contributed by atoms with Crippen LogP contribution in [0.25, 0.3) is 0 Å². The van der Waals surface area contributed by atoms with E-state index in [1.165, 1.54) is 28.4 Å². The lowest BCUT2D eigenvalue weighted by Crippen LogP contribution is -2.48. The lowest BCUT2D eigenvalue weighted by molar-refractivity contribution is -0.00835. The van der Waals surface area contributed by atoms with Crippen LogP contribution in [0.2, 0.25) is 0 Å². The van der Waals surface area contributed by atoms with E-state index in [9.17, 15) is 26.7 Å². The first kappa shape index (κ1) is 36.8. The zero-order valence-electron chi connectivity index (χ0n) is 27.5.